The summed E-state index contributed by atoms with van der Waals surface area (Å²) in [6.45, 7) is 2.73. The summed E-state index contributed by atoms with van der Waals surface area (Å²) in [5.41, 5.74) is 0. The quantitative estimate of drug-likeness (QED) is 0.478. The molecule has 0 saturated heterocycles. The molecule has 4 nitrogen and oxygen atoms in total. The molecule has 0 saturated carbocycles. The van der Waals surface area contributed by atoms with Crippen molar-refractivity contribution in [3.8, 4) is 5.82 Å². The molecule has 0 aromatic carbocycles. The molecule has 2 rings (SSSR count). The van der Waals surface area contributed by atoms with Gasteiger partial charge in [0.2, 0.25) is 5.39 Å². The van der Waals surface area contributed by atoms with Crippen molar-refractivity contribution in [2.45, 2.75) is 26.2 Å². The maximum Gasteiger partial charge on any atom is 0.327 e. The second-order valence-corrected chi connectivity index (χ2v) is 4.04. The van der Waals surface area contributed by atoms with E-state index < -0.39 is 0 Å². The molecule has 0 aliphatic carbocycles. The van der Waals surface area contributed by atoms with Crippen molar-refractivity contribution in [2.75, 3.05) is 6.54 Å². The maximum absolute atomic E-state index is 7.92. The number of unbranched alkanes of at least 4 members (excludes halogenated alkanes) is 2. The van der Waals surface area contributed by atoms with Crippen LogP contribution in [0.4, 0.5) is 0 Å². The smallest absolute Gasteiger partial charge is 0.203 e. The van der Waals surface area contributed by atoms with Crippen LogP contribution in [0.15, 0.2) is 55.0 Å². The van der Waals surface area contributed by atoms with Crippen LogP contribution in [0.25, 0.3) is 10.8 Å². The molecular weight excluding hydrogens is 236 g/mol. The van der Waals surface area contributed by atoms with Crippen LogP contribution in [0.1, 0.15) is 26.2 Å². The van der Waals surface area contributed by atoms with Gasteiger partial charge in [-0.25, -0.2) is 4.57 Å². The molecule has 98 valence electrons. The van der Waals surface area contributed by atoms with Gasteiger partial charge in [-0.05, 0) is 29.6 Å². The monoisotopic (exact) mass is 256 g/mol. The molecule has 0 N–H and O–H groups in total. The first-order valence-corrected chi connectivity index (χ1v) is 6.57. The average Bonchev–Trinajstić information content (AvgIpc) is 2.50. The van der Waals surface area contributed by atoms with Crippen LogP contribution in [0.2, 0.25) is 0 Å². The van der Waals surface area contributed by atoms with Gasteiger partial charge in [0.1, 0.15) is 11.2 Å². The van der Waals surface area contributed by atoms with Crippen molar-refractivity contribution in [1.82, 2.24) is 4.98 Å². The molecule has 2 aromatic heterocycles. The van der Waals surface area contributed by atoms with Gasteiger partial charge < -0.3 is 0 Å². The van der Waals surface area contributed by atoms with E-state index in [1.54, 1.807) is 6.20 Å². The predicted octanol–water partition coefficient (Wildman–Crippen LogP) is 3.39. The van der Waals surface area contributed by atoms with Gasteiger partial charge in [0.15, 0.2) is 0 Å². The first kappa shape index (κ1) is 14.8. The van der Waals surface area contributed by atoms with E-state index in [4.69, 9.17) is 5.39 Å². The SMILES string of the molecule is CCCCC[N+]#N.c1cc[n+](-c2ccccn2)cc1. The van der Waals surface area contributed by atoms with Gasteiger partial charge in [0, 0.05) is 12.5 Å². The summed E-state index contributed by atoms with van der Waals surface area (Å²) in [6, 6.07) is 11.8. The lowest BCUT2D eigenvalue weighted by atomic mass is 10.3. The van der Waals surface area contributed by atoms with Crippen molar-refractivity contribution in [2.24, 2.45) is 0 Å². The Morgan fingerprint density at radius 1 is 1.11 bits per heavy atom. The van der Waals surface area contributed by atoms with Gasteiger partial charge in [-0.2, -0.15) is 0 Å². The first-order valence-electron chi connectivity index (χ1n) is 6.57. The van der Waals surface area contributed by atoms with Gasteiger partial charge in [-0.3, -0.25) is 0 Å². The van der Waals surface area contributed by atoms with E-state index >= 15 is 0 Å². The first-order chi connectivity index (χ1) is 9.38. The molecule has 4 heteroatoms. The van der Waals surface area contributed by atoms with Crippen LogP contribution >= 0.6 is 0 Å². The van der Waals surface area contributed by atoms with E-state index in [1.165, 1.54) is 12.8 Å². The zero-order valence-corrected chi connectivity index (χ0v) is 11.3. The second-order valence-electron chi connectivity index (χ2n) is 4.04. The predicted molar refractivity (Wildman–Crippen MR) is 75.2 cm³/mol. The van der Waals surface area contributed by atoms with Crippen LogP contribution < -0.4 is 4.57 Å². The van der Waals surface area contributed by atoms with Crippen LogP contribution in [-0.4, -0.2) is 11.5 Å². The Kier molecular flexibility index (Phi) is 7.56. The van der Waals surface area contributed by atoms with Crippen LogP contribution in [0.5, 0.6) is 0 Å². The molecule has 0 radical (unpaired) electrons. The highest BCUT2D eigenvalue weighted by atomic mass is 15.0. The molecule has 0 aliphatic rings. The lowest BCUT2D eigenvalue weighted by molar-refractivity contribution is -0.599. The highest BCUT2D eigenvalue weighted by Crippen LogP contribution is 1.92. The van der Waals surface area contributed by atoms with E-state index in [-0.39, 0.29) is 0 Å². The minimum absolute atomic E-state index is 0.605. The summed E-state index contributed by atoms with van der Waals surface area (Å²) in [5.74, 6) is 0.943. The fourth-order valence-electron chi connectivity index (χ4n) is 1.49. The van der Waals surface area contributed by atoms with Gasteiger partial charge in [-0.15, -0.1) is 0 Å². The molecular formula is C15H20N4+2. The highest BCUT2D eigenvalue weighted by molar-refractivity contribution is 5.09. The summed E-state index contributed by atoms with van der Waals surface area (Å²) >= 11 is 0. The summed E-state index contributed by atoms with van der Waals surface area (Å²) < 4.78 is 1.97. The largest absolute Gasteiger partial charge is 0.327 e. The van der Waals surface area contributed by atoms with E-state index in [1.807, 2.05) is 53.4 Å². The van der Waals surface area contributed by atoms with Crippen LogP contribution in [-0.2, 0) is 0 Å². The standard InChI is InChI=1S/C10H9N2.C5H11N2/c1-4-8-12(9-5-1)10-6-2-3-7-11-10;1-2-3-4-5-7-6/h1-9H;2-5H2,1H3/q2*+1. The zero-order valence-electron chi connectivity index (χ0n) is 11.3. The normalized spacial score (nSPS) is 9.05. The average molecular weight is 256 g/mol. The maximum atomic E-state index is 7.92. The molecule has 2 heterocycles. The van der Waals surface area contributed by atoms with Crippen molar-refractivity contribution < 1.29 is 4.57 Å². The summed E-state index contributed by atoms with van der Waals surface area (Å²) in [4.78, 5) is 7.19. The van der Waals surface area contributed by atoms with Crippen LogP contribution in [0.3, 0.4) is 0 Å². The molecule has 0 atom stereocenters. The Labute approximate surface area is 114 Å². The van der Waals surface area contributed by atoms with Crippen molar-refractivity contribution in [3.63, 3.8) is 0 Å². The van der Waals surface area contributed by atoms with E-state index in [0.29, 0.717) is 6.54 Å². The Hall–Kier alpha value is -2.28. The molecule has 0 unspecified atom stereocenters. The number of rotatable bonds is 4. The molecule has 0 spiro atoms. The minimum Gasteiger partial charge on any atom is -0.203 e. The Morgan fingerprint density at radius 3 is 2.47 bits per heavy atom. The Balaban J connectivity index is 0.000000224. The topological polar surface area (TPSA) is 44.9 Å². The molecule has 0 bridgehead atoms. The van der Waals surface area contributed by atoms with Crippen LogP contribution in [0, 0.1) is 5.39 Å². The number of aromatic nitrogens is 2. The molecule has 19 heavy (non-hydrogen) atoms. The van der Waals surface area contributed by atoms with Gasteiger partial charge >= 0.3 is 12.4 Å². The number of pyridine rings is 2. The second kappa shape index (κ2) is 9.72. The summed E-state index contributed by atoms with van der Waals surface area (Å²) in [5, 5.41) is 7.92. The summed E-state index contributed by atoms with van der Waals surface area (Å²) in [6.07, 6.45) is 9.12. The number of hydrogen-bond acceptors (Lipinski definition) is 2. The van der Waals surface area contributed by atoms with Crippen molar-refractivity contribution in [3.05, 3.63) is 60.0 Å². The third-order valence-electron chi connectivity index (χ3n) is 2.49. The Bertz CT molecular complexity index is 439. The minimum atomic E-state index is 0.605. The van der Waals surface area contributed by atoms with Crippen molar-refractivity contribution >= 4 is 0 Å². The third-order valence-corrected chi connectivity index (χ3v) is 2.49. The zero-order chi connectivity index (χ0) is 13.8. The van der Waals surface area contributed by atoms with Gasteiger partial charge in [-0.1, -0.05) is 25.5 Å². The van der Waals surface area contributed by atoms with Gasteiger partial charge in [0.05, 0.1) is 12.4 Å². The Morgan fingerprint density at radius 2 is 1.89 bits per heavy atom. The highest BCUT2D eigenvalue weighted by Gasteiger charge is 2.01. The number of hydrogen-bond donors (Lipinski definition) is 0. The van der Waals surface area contributed by atoms with Crippen molar-refractivity contribution in [1.29, 1.82) is 5.39 Å². The molecule has 0 aliphatic heterocycles. The third kappa shape index (κ3) is 6.27. The number of nitrogens with zero attached hydrogens (tertiary/aromatic N) is 4. The number of diazo groups is 1. The fraction of sp³-hybridized carbons (Fsp3) is 0.333. The van der Waals surface area contributed by atoms with E-state index in [0.717, 1.165) is 12.2 Å². The van der Waals surface area contributed by atoms with E-state index in [9.17, 15) is 0 Å². The fourth-order valence-corrected chi connectivity index (χ4v) is 1.49. The molecule has 2 aromatic rings. The lowest BCUT2D eigenvalue weighted by Crippen LogP contribution is -2.29. The summed E-state index contributed by atoms with van der Waals surface area (Å²) in [7, 11) is 0. The molecule has 0 fully saturated rings. The van der Waals surface area contributed by atoms with Gasteiger partial charge in [0.25, 0.3) is 0 Å². The molecule has 0 amide bonds. The van der Waals surface area contributed by atoms with E-state index in [2.05, 4.69) is 16.9 Å². The lowest BCUT2D eigenvalue weighted by Gasteiger charge is -1.91.